The second kappa shape index (κ2) is 5.99. The molecule has 1 aromatic carbocycles. The quantitative estimate of drug-likeness (QED) is 0.867. The molecule has 1 aliphatic rings. The summed E-state index contributed by atoms with van der Waals surface area (Å²) in [5.74, 6) is -0.0758. The number of aryl methyl sites for hydroxylation is 2. The number of carbonyl (C=O) groups is 1. The van der Waals surface area contributed by atoms with Gasteiger partial charge in [0.2, 0.25) is 0 Å². The number of aromatic nitrogens is 1. The fraction of sp³-hybridized carbons (Fsp3) is 0.333. The molecule has 2 heterocycles. The summed E-state index contributed by atoms with van der Waals surface area (Å²) in [6.07, 6.45) is 0.279. The van der Waals surface area contributed by atoms with E-state index in [1.165, 1.54) is 6.07 Å². The highest BCUT2D eigenvalue weighted by Gasteiger charge is 2.25. The minimum atomic E-state index is -0.539. The Balaban J connectivity index is 1.90. The van der Waals surface area contributed by atoms with Crippen molar-refractivity contribution in [2.24, 2.45) is 0 Å². The second-order valence-corrected chi connectivity index (χ2v) is 5.76. The van der Waals surface area contributed by atoms with Crippen LogP contribution in [0.15, 0.2) is 18.2 Å². The van der Waals surface area contributed by atoms with Crippen molar-refractivity contribution >= 4 is 5.78 Å². The monoisotopic (exact) mass is 315 g/mol. The number of halogens is 1. The summed E-state index contributed by atoms with van der Waals surface area (Å²) in [4.78, 5) is 16.2. The molecule has 0 saturated heterocycles. The van der Waals surface area contributed by atoms with Crippen molar-refractivity contribution in [3.8, 4) is 11.5 Å². The van der Waals surface area contributed by atoms with Gasteiger partial charge in [-0.3, -0.25) is 9.78 Å². The third kappa shape index (κ3) is 3.04. The van der Waals surface area contributed by atoms with Crippen LogP contribution in [0.4, 0.5) is 4.39 Å². The van der Waals surface area contributed by atoms with Crippen LogP contribution in [0.25, 0.3) is 0 Å². The van der Waals surface area contributed by atoms with Gasteiger partial charge in [-0.1, -0.05) is 0 Å². The Labute approximate surface area is 134 Å². The number of ether oxygens (including phenoxy) is 2. The molecule has 0 fully saturated rings. The number of benzene rings is 1. The van der Waals surface area contributed by atoms with Crippen molar-refractivity contribution in [2.45, 2.75) is 33.8 Å². The third-order valence-electron chi connectivity index (χ3n) is 3.81. The first kappa shape index (κ1) is 15.5. The molecule has 3 rings (SSSR count). The van der Waals surface area contributed by atoms with Crippen molar-refractivity contribution in [1.82, 2.24) is 4.98 Å². The molecule has 23 heavy (non-hydrogen) atoms. The predicted octanol–water partition coefficient (Wildman–Crippen LogP) is 3.69. The number of hydrogen-bond acceptors (Lipinski definition) is 4. The summed E-state index contributed by atoms with van der Waals surface area (Å²) in [6, 6.07) is 5.01. The smallest absolute Gasteiger partial charge is 0.170 e. The van der Waals surface area contributed by atoms with E-state index in [1.54, 1.807) is 6.92 Å². The lowest BCUT2D eigenvalue weighted by Gasteiger charge is -2.21. The van der Waals surface area contributed by atoms with E-state index in [1.807, 2.05) is 26.0 Å². The van der Waals surface area contributed by atoms with E-state index in [2.05, 4.69) is 4.98 Å². The van der Waals surface area contributed by atoms with E-state index >= 15 is 0 Å². The average Bonchev–Trinajstić information content (AvgIpc) is 2.47. The third-order valence-corrected chi connectivity index (χ3v) is 3.81. The zero-order valence-electron chi connectivity index (χ0n) is 13.4. The average molecular weight is 315 g/mol. The van der Waals surface area contributed by atoms with Gasteiger partial charge in [0, 0.05) is 23.4 Å². The Morgan fingerprint density at radius 3 is 2.61 bits per heavy atom. The Kier molecular flexibility index (Phi) is 4.03. The standard InChI is InChI=1S/C18H18FNO3/c1-10-6-13(7-11(2)20-10)9-23-18-12(3)17-14(8-15(18)19)16(21)4-5-22-17/h6-8H,4-5,9H2,1-3H3. The first-order chi connectivity index (χ1) is 11.0. The molecule has 0 spiro atoms. The highest BCUT2D eigenvalue weighted by Crippen LogP contribution is 2.37. The molecule has 0 N–H and O–H groups in total. The number of carbonyl (C=O) groups excluding carboxylic acids is 1. The summed E-state index contributed by atoms with van der Waals surface area (Å²) in [5, 5.41) is 0. The van der Waals surface area contributed by atoms with Crippen LogP contribution in [0.2, 0.25) is 0 Å². The van der Waals surface area contributed by atoms with Crippen molar-refractivity contribution in [2.75, 3.05) is 6.61 Å². The number of pyridine rings is 1. The van der Waals surface area contributed by atoms with E-state index in [4.69, 9.17) is 9.47 Å². The maximum Gasteiger partial charge on any atom is 0.170 e. The van der Waals surface area contributed by atoms with Gasteiger partial charge in [0.05, 0.1) is 12.2 Å². The van der Waals surface area contributed by atoms with E-state index in [-0.39, 0.29) is 24.6 Å². The van der Waals surface area contributed by atoms with Gasteiger partial charge in [0.25, 0.3) is 0 Å². The molecule has 1 aromatic heterocycles. The van der Waals surface area contributed by atoms with Crippen molar-refractivity contribution in [1.29, 1.82) is 0 Å². The van der Waals surface area contributed by atoms with Gasteiger partial charge in [0.1, 0.15) is 12.4 Å². The first-order valence-electron chi connectivity index (χ1n) is 7.52. The number of rotatable bonds is 3. The molecule has 0 bridgehead atoms. The van der Waals surface area contributed by atoms with Gasteiger partial charge in [-0.05, 0) is 44.5 Å². The molecule has 0 amide bonds. The van der Waals surface area contributed by atoms with Gasteiger partial charge >= 0.3 is 0 Å². The Morgan fingerprint density at radius 1 is 1.22 bits per heavy atom. The van der Waals surface area contributed by atoms with Gasteiger partial charge in [-0.25, -0.2) is 4.39 Å². The second-order valence-electron chi connectivity index (χ2n) is 5.76. The van der Waals surface area contributed by atoms with Crippen molar-refractivity contribution in [3.05, 3.63) is 52.1 Å². The molecule has 2 aromatic rings. The van der Waals surface area contributed by atoms with E-state index in [0.717, 1.165) is 17.0 Å². The minimum Gasteiger partial charge on any atom is -0.492 e. The summed E-state index contributed by atoms with van der Waals surface area (Å²) >= 11 is 0. The van der Waals surface area contributed by atoms with Gasteiger partial charge in [-0.2, -0.15) is 0 Å². The zero-order valence-corrected chi connectivity index (χ0v) is 13.4. The highest BCUT2D eigenvalue weighted by atomic mass is 19.1. The van der Waals surface area contributed by atoms with Crippen LogP contribution >= 0.6 is 0 Å². The van der Waals surface area contributed by atoms with Gasteiger partial charge in [0.15, 0.2) is 17.3 Å². The lowest BCUT2D eigenvalue weighted by molar-refractivity contribution is 0.0931. The molecule has 0 unspecified atom stereocenters. The normalized spacial score (nSPS) is 13.5. The summed E-state index contributed by atoms with van der Waals surface area (Å²) in [6.45, 7) is 6.06. The summed E-state index contributed by atoms with van der Waals surface area (Å²) < 4.78 is 25.5. The number of nitrogens with zero attached hydrogens (tertiary/aromatic N) is 1. The lowest BCUT2D eigenvalue weighted by atomic mass is 10.0. The molecular formula is C18H18FNO3. The molecule has 0 saturated carbocycles. The molecule has 120 valence electrons. The molecule has 1 aliphatic heterocycles. The fourth-order valence-electron chi connectivity index (χ4n) is 2.85. The van der Waals surface area contributed by atoms with Crippen LogP contribution < -0.4 is 9.47 Å². The predicted molar refractivity (Wildman–Crippen MR) is 83.6 cm³/mol. The molecule has 0 atom stereocenters. The first-order valence-corrected chi connectivity index (χ1v) is 7.52. The van der Waals surface area contributed by atoms with Crippen molar-refractivity contribution in [3.63, 3.8) is 0 Å². The molecule has 5 heteroatoms. The largest absolute Gasteiger partial charge is 0.492 e. The van der Waals surface area contributed by atoms with Crippen LogP contribution in [0.1, 0.15) is 39.3 Å². The highest BCUT2D eigenvalue weighted by molar-refractivity contribution is 6.00. The molecule has 0 radical (unpaired) electrons. The van der Waals surface area contributed by atoms with Crippen LogP contribution in [-0.4, -0.2) is 17.4 Å². The maximum atomic E-state index is 14.3. The van der Waals surface area contributed by atoms with Crippen LogP contribution in [0, 0.1) is 26.6 Å². The number of Topliss-reactive ketones (excluding diaryl/α,β-unsaturated/α-hetero) is 1. The van der Waals surface area contributed by atoms with Gasteiger partial charge in [-0.15, -0.1) is 0 Å². The fourth-order valence-corrected chi connectivity index (χ4v) is 2.85. The summed E-state index contributed by atoms with van der Waals surface area (Å²) in [7, 11) is 0. The Hall–Kier alpha value is -2.43. The van der Waals surface area contributed by atoms with Crippen molar-refractivity contribution < 1.29 is 18.7 Å². The number of ketones is 1. The number of hydrogen-bond donors (Lipinski definition) is 0. The maximum absolute atomic E-state index is 14.3. The van der Waals surface area contributed by atoms with Crippen LogP contribution in [0.3, 0.4) is 0 Å². The SMILES string of the molecule is Cc1cc(COc2c(F)cc3c(c2C)OCCC3=O)cc(C)n1. The van der Waals surface area contributed by atoms with Crippen LogP contribution in [0.5, 0.6) is 11.5 Å². The minimum absolute atomic E-state index is 0.0971. The van der Waals surface area contributed by atoms with E-state index < -0.39 is 5.82 Å². The Bertz CT molecular complexity index is 766. The van der Waals surface area contributed by atoms with Gasteiger partial charge < -0.3 is 9.47 Å². The van der Waals surface area contributed by atoms with E-state index in [9.17, 15) is 9.18 Å². The zero-order chi connectivity index (χ0) is 16.6. The topological polar surface area (TPSA) is 48.4 Å². The summed E-state index contributed by atoms with van der Waals surface area (Å²) in [5.41, 5.74) is 3.52. The Morgan fingerprint density at radius 2 is 1.91 bits per heavy atom. The van der Waals surface area contributed by atoms with Crippen LogP contribution in [-0.2, 0) is 6.61 Å². The lowest BCUT2D eigenvalue weighted by Crippen LogP contribution is -2.17. The molecule has 0 aliphatic carbocycles. The van der Waals surface area contributed by atoms with E-state index in [0.29, 0.717) is 23.5 Å². The number of fused-ring (bicyclic) bond motifs is 1. The molecule has 4 nitrogen and oxygen atoms in total. The molecular weight excluding hydrogens is 297 g/mol.